The highest BCUT2D eigenvalue weighted by Crippen LogP contribution is 2.32. The van der Waals surface area contributed by atoms with E-state index >= 15 is 0 Å². The van der Waals surface area contributed by atoms with Gasteiger partial charge in [-0.3, -0.25) is 14.5 Å². The van der Waals surface area contributed by atoms with Gasteiger partial charge in [-0.15, -0.1) is 0 Å². The summed E-state index contributed by atoms with van der Waals surface area (Å²) in [6.07, 6.45) is 0.976. The number of carboxylic acids is 1. The molecule has 2 N–H and O–H groups in total. The van der Waals surface area contributed by atoms with Crippen LogP contribution in [0.2, 0.25) is 0 Å². The first-order chi connectivity index (χ1) is 10.9. The maximum absolute atomic E-state index is 12.1. The van der Waals surface area contributed by atoms with E-state index < -0.39 is 17.9 Å². The normalized spacial score (nSPS) is 14.7. The van der Waals surface area contributed by atoms with Gasteiger partial charge in [-0.25, -0.2) is 4.79 Å². The van der Waals surface area contributed by atoms with Crippen molar-refractivity contribution in [1.29, 1.82) is 0 Å². The summed E-state index contributed by atoms with van der Waals surface area (Å²) in [7, 11) is 0. The first-order valence-corrected chi connectivity index (χ1v) is 7.48. The second-order valence-electron chi connectivity index (χ2n) is 5.49. The molecule has 7 nitrogen and oxygen atoms in total. The van der Waals surface area contributed by atoms with Crippen LogP contribution in [0.3, 0.4) is 0 Å². The second-order valence-corrected chi connectivity index (χ2v) is 5.49. The van der Waals surface area contributed by atoms with Crippen molar-refractivity contribution in [1.82, 2.24) is 5.32 Å². The van der Waals surface area contributed by atoms with Crippen LogP contribution in [0, 0.1) is 6.92 Å². The van der Waals surface area contributed by atoms with Crippen molar-refractivity contribution in [2.75, 3.05) is 18.1 Å². The molecule has 0 aromatic heterocycles. The minimum Gasteiger partial charge on any atom is -0.482 e. The fraction of sp³-hybridized carbons (Fsp3) is 0.438. The minimum absolute atomic E-state index is 0.138. The SMILES string of the molecule is CCCC(NC(=O)CN1C(=O)COc2cc(C)ccc21)C(=O)O. The summed E-state index contributed by atoms with van der Waals surface area (Å²) >= 11 is 0. The van der Waals surface area contributed by atoms with E-state index in [0.29, 0.717) is 24.3 Å². The van der Waals surface area contributed by atoms with Crippen molar-refractivity contribution in [2.24, 2.45) is 0 Å². The molecule has 1 aliphatic rings. The molecule has 2 amide bonds. The van der Waals surface area contributed by atoms with Gasteiger partial charge < -0.3 is 15.2 Å². The topological polar surface area (TPSA) is 95.9 Å². The molecule has 1 unspecified atom stereocenters. The van der Waals surface area contributed by atoms with Crippen molar-refractivity contribution in [3.05, 3.63) is 23.8 Å². The number of aliphatic carboxylic acids is 1. The minimum atomic E-state index is -1.08. The fourth-order valence-electron chi connectivity index (χ4n) is 2.41. The molecule has 7 heteroatoms. The number of hydrogen-bond acceptors (Lipinski definition) is 4. The third-order valence-corrected chi connectivity index (χ3v) is 3.57. The predicted octanol–water partition coefficient (Wildman–Crippen LogP) is 1.09. The van der Waals surface area contributed by atoms with Crippen molar-refractivity contribution in [2.45, 2.75) is 32.7 Å². The number of aryl methyl sites for hydroxylation is 1. The Bertz CT molecular complexity index is 629. The number of hydrogen-bond donors (Lipinski definition) is 2. The van der Waals surface area contributed by atoms with E-state index in [0.717, 1.165) is 5.56 Å². The molecule has 0 aliphatic carbocycles. The van der Waals surface area contributed by atoms with Gasteiger partial charge in [-0.05, 0) is 31.0 Å². The second kappa shape index (κ2) is 7.13. The quantitative estimate of drug-likeness (QED) is 0.818. The smallest absolute Gasteiger partial charge is 0.326 e. The average molecular weight is 320 g/mol. The molecular weight excluding hydrogens is 300 g/mol. The van der Waals surface area contributed by atoms with Gasteiger partial charge in [0.2, 0.25) is 5.91 Å². The zero-order chi connectivity index (χ0) is 17.0. The van der Waals surface area contributed by atoms with Gasteiger partial charge in [0.05, 0.1) is 5.69 Å². The van der Waals surface area contributed by atoms with E-state index in [-0.39, 0.29) is 19.1 Å². The Hall–Kier alpha value is -2.57. The monoisotopic (exact) mass is 320 g/mol. The molecule has 1 atom stereocenters. The highest BCUT2D eigenvalue weighted by molar-refractivity contribution is 6.02. The van der Waals surface area contributed by atoms with Crippen LogP contribution < -0.4 is 15.0 Å². The summed E-state index contributed by atoms with van der Waals surface area (Å²) in [6, 6.07) is 4.39. The zero-order valence-electron chi connectivity index (χ0n) is 13.2. The van der Waals surface area contributed by atoms with Crippen LogP contribution in [0.5, 0.6) is 5.75 Å². The van der Waals surface area contributed by atoms with Crippen LogP contribution in [0.4, 0.5) is 5.69 Å². The summed E-state index contributed by atoms with van der Waals surface area (Å²) in [5, 5.41) is 11.5. The van der Waals surface area contributed by atoms with E-state index in [2.05, 4.69) is 5.32 Å². The number of fused-ring (bicyclic) bond motifs is 1. The number of ether oxygens (including phenoxy) is 1. The number of carboxylic acid groups (broad SMARTS) is 1. The Morgan fingerprint density at radius 3 is 2.83 bits per heavy atom. The van der Waals surface area contributed by atoms with Gasteiger partial charge in [-0.1, -0.05) is 19.4 Å². The molecule has 1 aromatic carbocycles. The first kappa shape index (κ1) is 16.8. The molecule has 0 saturated heterocycles. The van der Waals surface area contributed by atoms with Crippen LogP contribution in [0.15, 0.2) is 18.2 Å². The number of carbonyl (C=O) groups is 3. The van der Waals surface area contributed by atoms with Crippen LogP contribution >= 0.6 is 0 Å². The van der Waals surface area contributed by atoms with Crippen LogP contribution in [0.1, 0.15) is 25.3 Å². The Labute approximate surface area is 134 Å². The lowest BCUT2D eigenvalue weighted by molar-refractivity contribution is -0.141. The molecular formula is C16H20N2O5. The molecule has 1 heterocycles. The lowest BCUT2D eigenvalue weighted by Gasteiger charge is -2.29. The van der Waals surface area contributed by atoms with E-state index in [4.69, 9.17) is 9.84 Å². The number of amides is 2. The highest BCUT2D eigenvalue weighted by atomic mass is 16.5. The molecule has 0 bridgehead atoms. The van der Waals surface area contributed by atoms with Crippen LogP contribution in [-0.2, 0) is 14.4 Å². The first-order valence-electron chi connectivity index (χ1n) is 7.48. The molecule has 0 fully saturated rings. The number of carbonyl (C=O) groups excluding carboxylic acids is 2. The summed E-state index contributed by atoms with van der Waals surface area (Å²) in [4.78, 5) is 36.6. The van der Waals surface area contributed by atoms with Crippen molar-refractivity contribution in [3.8, 4) is 5.75 Å². The maximum Gasteiger partial charge on any atom is 0.326 e. The van der Waals surface area contributed by atoms with Gasteiger partial charge in [0, 0.05) is 0 Å². The maximum atomic E-state index is 12.1. The van der Waals surface area contributed by atoms with Gasteiger partial charge in [0.15, 0.2) is 6.61 Å². The Balaban J connectivity index is 2.11. The number of rotatable bonds is 6. The molecule has 0 spiro atoms. The summed E-state index contributed by atoms with van der Waals surface area (Å²) in [6.45, 7) is 3.37. The van der Waals surface area contributed by atoms with Gasteiger partial charge in [0.25, 0.3) is 5.91 Å². The summed E-state index contributed by atoms with van der Waals surface area (Å²) in [5.74, 6) is -1.38. The van der Waals surface area contributed by atoms with E-state index in [9.17, 15) is 14.4 Å². The largest absolute Gasteiger partial charge is 0.482 e. The summed E-state index contributed by atoms with van der Waals surface area (Å²) < 4.78 is 5.37. The Morgan fingerprint density at radius 2 is 2.17 bits per heavy atom. The molecule has 23 heavy (non-hydrogen) atoms. The van der Waals surface area contributed by atoms with Gasteiger partial charge >= 0.3 is 5.97 Å². The number of anilines is 1. The Kier molecular flexibility index (Phi) is 5.20. The third kappa shape index (κ3) is 4.00. The zero-order valence-corrected chi connectivity index (χ0v) is 13.2. The van der Waals surface area contributed by atoms with Crippen molar-refractivity contribution < 1.29 is 24.2 Å². The fourth-order valence-corrected chi connectivity index (χ4v) is 2.41. The molecule has 0 radical (unpaired) electrons. The number of nitrogens with zero attached hydrogens (tertiary/aromatic N) is 1. The van der Waals surface area contributed by atoms with Crippen LogP contribution in [0.25, 0.3) is 0 Å². The van der Waals surface area contributed by atoms with Gasteiger partial charge in [-0.2, -0.15) is 0 Å². The molecule has 124 valence electrons. The van der Waals surface area contributed by atoms with E-state index in [1.54, 1.807) is 12.1 Å². The number of benzene rings is 1. The van der Waals surface area contributed by atoms with Crippen molar-refractivity contribution >= 4 is 23.5 Å². The average Bonchev–Trinajstić information content (AvgIpc) is 2.49. The standard InChI is InChI=1S/C16H20N2O5/c1-3-4-11(16(21)22)17-14(19)8-18-12-6-5-10(2)7-13(12)23-9-15(18)20/h5-7,11H,3-4,8-9H2,1-2H3,(H,17,19)(H,21,22). The summed E-state index contributed by atoms with van der Waals surface area (Å²) in [5.41, 5.74) is 1.50. The molecule has 1 aromatic rings. The Morgan fingerprint density at radius 1 is 1.43 bits per heavy atom. The lowest BCUT2D eigenvalue weighted by Crippen LogP contribution is -2.49. The van der Waals surface area contributed by atoms with Crippen molar-refractivity contribution in [3.63, 3.8) is 0 Å². The van der Waals surface area contributed by atoms with Crippen LogP contribution in [-0.4, -0.2) is 42.1 Å². The molecule has 2 rings (SSSR count). The van der Waals surface area contributed by atoms with E-state index in [1.165, 1.54) is 4.90 Å². The third-order valence-electron chi connectivity index (χ3n) is 3.57. The lowest BCUT2D eigenvalue weighted by atomic mass is 10.1. The predicted molar refractivity (Wildman–Crippen MR) is 83.5 cm³/mol. The molecule has 0 saturated carbocycles. The highest BCUT2D eigenvalue weighted by Gasteiger charge is 2.28. The molecule has 1 aliphatic heterocycles. The number of nitrogens with one attached hydrogen (secondary N) is 1. The van der Waals surface area contributed by atoms with Gasteiger partial charge in [0.1, 0.15) is 18.3 Å². The van der Waals surface area contributed by atoms with E-state index in [1.807, 2.05) is 19.9 Å².